The summed E-state index contributed by atoms with van der Waals surface area (Å²) in [5.74, 6) is -0.0710. The van der Waals surface area contributed by atoms with E-state index in [-0.39, 0.29) is 17.3 Å². The Morgan fingerprint density at radius 1 is 1.41 bits per heavy atom. The van der Waals surface area contributed by atoms with Crippen molar-refractivity contribution >= 4 is 5.97 Å². The maximum atomic E-state index is 11.2. The van der Waals surface area contributed by atoms with Gasteiger partial charge in [0.2, 0.25) is 0 Å². The highest BCUT2D eigenvalue weighted by atomic mass is 16.5. The number of ether oxygens (including phenoxy) is 1. The van der Waals surface area contributed by atoms with Crippen LogP contribution in [0.15, 0.2) is 18.2 Å². The van der Waals surface area contributed by atoms with Crippen LogP contribution in [0.4, 0.5) is 0 Å². The summed E-state index contributed by atoms with van der Waals surface area (Å²) in [4.78, 5) is 11.2. The van der Waals surface area contributed by atoms with Gasteiger partial charge in [0.1, 0.15) is 5.75 Å². The summed E-state index contributed by atoms with van der Waals surface area (Å²) >= 11 is 0. The molecule has 0 bridgehead atoms. The third kappa shape index (κ3) is 1.79. The van der Waals surface area contributed by atoms with Crippen molar-refractivity contribution in [3.63, 3.8) is 0 Å². The van der Waals surface area contributed by atoms with Crippen molar-refractivity contribution in [2.24, 2.45) is 11.3 Å². The average molecular weight is 234 g/mol. The number of rotatable bonds is 3. The molecule has 92 valence electrons. The first kappa shape index (κ1) is 12.0. The van der Waals surface area contributed by atoms with E-state index >= 15 is 0 Å². The van der Waals surface area contributed by atoms with Crippen LogP contribution in [-0.4, -0.2) is 18.2 Å². The van der Waals surface area contributed by atoms with Crippen LogP contribution in [0.3, 0.4) is 0 Å². The van der Waals surface area contributed by atoms with Crippen LogP contribution in [0.25, 0.3) is 0 Å². The Morgan fingerprint density at radius 2 is 2.06 bits per heavy atom. The summed E-state index contributed by atoms with van der Waals surface area (Å²) in [5.41, 5.74) is 1.97. The lowest BCUT2D eigenvalue weighted by molar-refractivity contribution is -0.139. The molecule has 0 saturated heterocycles. The van der Waals surface area contributed by atoms with Crippen molar-refractivity contribution in [2.45, 2.75) is 26.7 Å². The summed E-state index contributed by atoms with van der Waals surface area (Å²) in [6.07, 6.45) is 0. The molecule has 1 fully saturated rings. The Hall–Kier alpha value is -1.51. The number of carboxylic acids is 1. The SMILES string of the molecule is COc1cc([C@@H]2[C@@H](C(=O)O)C2(C)C)ccc1C. The molecule has 2 rings (SSSR count). The summed E-state index contributed by atoms with van der Waals surface area (Å²) in [7, 11) is 1.64. The molecular formula is C14H18O3. The zero-order valence-electron chi connectivity index (χ0n) is 10.7. The summed E-state index contributed by atoms with van der Waals surface area (Å²) in [6, 6.07) is 5.96. The number of aryl methyl sites for hydroxylation is 1. The van der Waals surface area contributed by atoms with Crippen molar-refractivity contribution < 1.29 is 14.6 Å². The van der Waals surface area contributed by atoms with E-state index < -0.39 is 5.97 Å². The van der Waals surface area contributed by atoms with Gasteiger partial charge >= 0.3 is 5.97 Å². The van der Waals surface area contributed by atoms with E-state index in [0.717, 1.165) is 16.9 Å². The van der Waals surface area contributed by atoms with Gasteiger partial charge in [-0.15, -0.1) is 0 Å². The second kappa shape index (κ2) is 3.76. The van der Waals surface area contributed by atoms with Gasteiger partial charge in [0.05, 0.1) is 13.0 Å². The molecule has 0 spiro atoms. The number of hydrogen-bond donors (Lipinski definition) is 1. The van der Waals surface area contributed by atoms with Gasteiger partial charge in [0.25, 0.3) is 0 Å². The highest BCUT2D eigenvalue weighted by Crippen LogP contribution is 2.64. The third-order valence-electron chi connectivity index (χ3n) is 3.88. The van der Waals surface area contributed by atoms with Crippen LogP contribution < -0.4 is 4.74 Å². The standard InChI is InChI=1S/C14H18O3/c1-8-5-6-9(7-10(8)17-4)11-12(13(15)16)14(11,2)3/h5-7,11-12H,1-4H3,(H,15,16)/t11-,12+/m1/s1. The molecule has 1 aliphatic rings. The summed E-state index contributed by atoms with van der Waals surface area (Å²) in [6.45, 7) is 5.99. The zero-order chi connectivity index (χ0) is 12.8. The molecule has 0 unspecified atom stereocenters. The van der Waals surface area contributed by atoms with E-state index in [1.54, 1.807) is 7.11 Å². The fraction of sp³-hybridized carbons (Fsp3) is 0.500. The number of methoxy groups -OCH3 is 1. The first-order valence-electron chi connectivity index (χ1n) is 5.77. The van der Waals surface area contributed by atoms with Gasteiger partial charge in [-0.1, -0.05) is 26.0 Å². The van der Waals surface area contributed by atoms with E-state index in [0.29, 0.717) is 0 Å². The van der Waals surface area contributed by atoms with E-state index in [9.17, 15) is 9.90 Å². The van der Waals surface area contributed by atoms with Gasteiger partial charge in [-0.05, 0) is 29.5 Å². The maximum Gasteiger partial charge on any atom is 0.307 e. The molecule has 0 amide bonds. The van der Waals surface area contributed by atoms with Crippen molar-refractivity contribution in [2.75, 3.05) is 7.11 Å². The second-order valence-corrected chi connectivity index (χ2v) is 5.34. The predicted octanol–water partition coefficient (Wildman–Crippen LogP) is 2.83. The molecule has 0 aromatic heterocycles. The minimum Gasteiger partial charge on any atom is -0.496 e. The van der Waals surface area contributed by atoms with Gasteiger partial charge < -0.3 is 9.84 Å². The number of aliphatic carboxylic acids is 1. The number of hydrogen-bond acceptors (Lipinski definition) is 2. The van der Waals surface area contributed by atoms with Crippen LogP contribution >= 0.6 is 0 Å². The quantitative estimate of drug-likeness (QED) is 0.874. The summed E-state index contributed by atoms with van der Waals surface area (Å²) < 4.78 is 5.28. The fourth-order valence-corrected chi connectivity index (χ4v) is 2.75. The largest absolute Gasteiger partial charge is 0.496 e. The van der Waals surface area contributed by atoms with E-state index in [4.69, 9.17) is 4.74 Å². The molecule has 0 radical (unpaired) electrons. The highest BCUT2D eigenvalue weighted by Gasteiger charge is 2.62. The molecule has 1 aromatic carbocycles. The van der Waals surface area contributed by atoms with Gasteiger partial charge in [-0.2, -0.15) is 0 Å². The van der Waals surface area contributed by atoms with E-state index in [1.165, 1.54) is 0 Å². The van der Waals surface area contributed by atoms with Crippen LogP contribution in [0.1, 0.15) is 30.9 Å². The number of benzene rings is 1. The van der Waals surface area contributed by atoms with E-state index in [1.807, 2.05) is 39.0 Å². The maximum absolute atomic E-state index is 11.2. The van der Waals surface area contributed by atoms with Crippen LogP contribution in [-0.2, 0) is 4.79 Å². The Bertz CT molecular complexity index is 463. The lowest BCUT2D eigenvalue weighted by atomic mass is 10.0. The lowest BCUT2D eigenvalue weighted by Gasteiger charge is -2.08. The monoisotopic (exact) mass is 234 g/mol. The fourth-order valence-electron chi connectivity index (χ4n) is 2.75. The molecule has 3 nitrogen and oxygen atoms in total. The molecule has 0 heterocycles. The molecular weight excluding hydrogens is 216 g/mol. The molecule has 2 atom stereocenters. The van der Waals surface area contributed by atoms with Gasteiger partial charge in [-0.3, -0.25) is 4.79 Å². The Balaban J connectivity index is 2.34. The molecule has 1 saturated carbocycles. The molecule has 17 heavy (non-hydrogen) atoms. The smallest absolute Gasteiger partial charge is 0.307 e. The minimum absolute atomic E-state index is 0.0921. The van der Waals surface area contributed by atoms with Crippen LogP contribution in [0, 0.1) is 18.3 Å². The molecule has 0 aliphatic heterocycles. The third-order valence-corrected chi connectivity index (χ3v) is 3.88. The van der Waals surface area contributed by atoms with Gasteiger partial charge in [0, 0.05) is 5.92 Å². The van der Waals surface area contributed by atoms with Crippen molar-refractivity contribution in [1.82, 2.24) is 0 Å². The first-order valence-corrected chi connectivity index (χ1v) is 5.77. The van der Waals surface area contributed by atoms with Crippen molar-refractivity contribution in [3.05, 3.63) is 29.3 Å². The zero-order valence-corrected chi connectivity index (χ0v) is 10.7. The normalized spacial score (nSPS) is 25.4. The number of carbonyl (C=O) groups is 1. The number of carboxylic acid groups (broad SMARTS) is 1. The van der Waals surface area contributed by atoms with Crippen LogP contribution in [0.5, 0.6) is 5.75 Å². The molecule has 1 N–H and O–H groups in total. The van der Waals surface area contributed by atoms with Gasteiger partial charge in [-0.25, -0.2) is 0 Å². The Labute approximate surface area is 101 Å². The average Bonchev–Trinajstić information content (AvgIpc) is 2.82. The van der Waals surface area contributed by atoms with Gasteiger partial charge in [0.15, 0.2) is 0 Å². The van der Waals surface area contributed by atoms with E-state index in [2.05, 4.69) is 0 Å². The Kier molecular flexibility index (Phi) is 2.64. The molecule has 1 aliphatic carbocycles. The lowest BCUT2D eigenvalue weighted by Crippen LogP contribution is -2.03. The topological polar surface area (TPSA) is 46.5 Å². The summed E-state index contributed by atoms with van der Waals surface area (Å²) in [5, 5.41) is 9.17. The predicted molar refractivity (Wildman–Crippen MR) is 65.4 cm³/mol. The molecule has 3 heteroatoms. The first-order chi connectivity index (χ1) is 7.89. The van der Waals surface area contributed by atoms with Crippen molar-refractivity contribution in [1.29, 1.82) is 0 Å². The minimum atomic E-state index is -0.709. The Morgan fingerprint density at radius 3 is 2.53 bits per heavy atom. The van der Waals surface area contributed by atoms with Crippen LogP contribution in [0.2, 0.25) is 0 Å². The van der Waals surface area contributed by atoms with Crippen molar-refractivity contribution in [3.8, 4) is 5.75 Å². The highest BCUT2D eigenvalue weighted by molar-refractivity contribution is 5.77. The molecule has 1 aromatic rings. The second-order valence-electron chi connectivity index (χ2n) is 5.34.